The van der Waals surface area contributed by atoms with E-state index in [0.717, 1.165) is 32.2 Å². The Morgan fingerprint density at radius 3 is 3.05 bits per heavy atom. The van der Waals surface area contributed by atoms with Crippen LogP contribution < -0.4 is 15.4 Å². The molecule has 1 amide bonds. The van der Waals surface area contributed by atoms with Gasteiger partial charge in [0.05, 0.1) is 18.3 Å². The van der Waals surface area contributed by atoms with Crippen LogP contribution in [0.2, 0.25) is 5.02 Å². The van der Waals surface area contributed by atoms with E-state index in [-0.39, 0.29) is 11.9 Å². The summed E-state index contributed by atoms with van der Waals surface area (Å²) in [6.07, 6.45) is 4.00. The first-order valence-corrected chi connectivity index (χ1v) is 7.55. The van der Waals surface area contributed by atoms with Crippen LogP contribution in [0.4, 0.5) is 5.69 Å². The van der Waals surface area contributed by atoms with Gasteiger partial charge in [-0.3, -0.25) is 4.79 Å². The van der Waals surface area contributed by atoms with Crippen molar-refractivity contribution in [2.75, 3.05) is 18.5 Å². The van der Waals surface area contributed by atoms with Crippen LogP contribution in [-0.4, -0.2) is 25.1 Å². The van der Waals surface area contributed by atoms with Crippen LogP contribution in [0.3, 0.4) is 0 Å². The van der Waals surface area contributed by atoms with E-state index in [4.69, 9.17) is 16.3 Å². The van der Waals surface area contributed by atoms with Gasteiger partial charge in [-0.25, -0.2) is 0 Å². The normalized spacial score (nSPS) is 18.6. The van der Waals surface area contributed by atoms with Crippen LogP contribution >= 0.6 is 11.6 Å². The van der Waals surface area contributed by atoms with Crippen molar-refractivity contribution in [3.63, 3.8) is 0 Å². The summed E-state index contributed by atoms with van der Waals surface area (Å²) >= 11 is 6.00. The molecule has 5 heteroatoms. The van der Waals surface area contributed by atoms with E-state index in [1.165, 1.54) is 0 Å². The van der Waals surface area contributed by atoms with Crippen molar-refractivity contribution in [3.05, 3.63) is 23.2 Å². The molecular weight excluding hydrogens is 276 g/mol. The maximum atomic E-state index is 12.2. The van der Waals surface area contributed by atoms with E-state index in [9.17, 15) is 4.79 Å². The lowest BCUT2D eigenvalue weighted by molar-refractivity contribution is -0.118. The topological polar surface area (TPSA) is 50.4 Å². The van der Waals surface area contributed by atoms with Crippen LogP contribution in [0, 0.1) is 0 Å². The number of hydrogen-bond acceptors (Lipinski definition) is 3. The Labute approximate surface area is 124 Å². The van der Waals surface area contributed by atoms with Gasteiger partial charge in [-0.05, 0) is 44.0 Å². The summed E-state index contributed by atoms with van der Waals surface area (Å²) in [6, 6.07) is 5.16. The summed E-state index contributed by atoms with van der Waals surface area (Å²) < 4.78 is 5.64. The van der Waals surface area contributed by atoms with Gasteiger partial charge in [0.1, 0.15) is 5.75 Å². The lowest BCUT2D eigenvalue weighted by atomic mass is 10.0. The molecule has 1 aromatic rings. The molecule has 0 aliphatic carbocycles. The first-order valence-electron chi connectivity index (χ1n) is 7.17. The summed E-state index contributed by atoms with van der Waals surface area (Å²) in [7, 11) is 0. The van der Waals surface area contributed by atoms with Crippen molar-refractivity contribution < 1.29 is 9.53 Å². The fourth-order valence-corrected chi connectivity index (χ4v) is 2.41. The Kier molecular flexibility index (Phi) is 5.68. The second-order valence-electron chi connectivity index (χ2n) is 4.98. The van der Waals surface area contributed by atoms with Crippen molar-refractivity contribution >= 4 is 23.2 Å². The van der Waals surface area contributed by atoms with Crippen molar-refractivity contribution in [1.82, 2.24) is 5.32 Å². The second kappa shape index (κ2) is 7.50. The molecule has 1 atom stereocenters. The average molecular weight is 297 g/mol. The van der Waals surface area contributed by atoms with Crippen LogP contribution in [0.15, 0.2) is 18.2 Å². The number of hydrogen-bond donors (Lipinski definition) is 2. The second-order valence-corrected chi connectivity index (χ2v) is 5.42. The number of halogens is 1. The minimum atomic E-state index is -0.123. The molecule has 1 aliphatic heterocycles. The molecule has 1 heterocycles. The largest absolute Gasteiger partial charge is 0.491 e. The molecule has 0 spiro atoms. The maximum absolute atomic E-state index is 12.2. The van der Waals surface area contributed by atoms with Gasteiger partial charge in [0, 0.05) is 5.02 Å². The van der Waals surface area contributed by atoms with Crippen molar-refractivity contribution in [2.45, 2.75) is 38.6 Å². The van der Waals surface area contributed by atoms with Gasteiger partial charge in [-0.15, -0.1) is 0 Å². The highest BCUT2D eigenvalue weighted by Gasteiger charge is 2.21. The van der Waals surface area contributed by atoms with Crippen molar-refractivity contribution in [3.8, 4) is 5.75 Å². The zero-order chi connectivity index (χ0) is 14.4. The van der Waals surface area contributed by atoms with Gasteiger partial charge < -0.3 is 15.4 Å². The molecule has 4 nitrogen and oxygen atoms in total. The number of anilines is 1. The quantitative estimate of drug-likeness (QED) is 0.877. The minimum absolute atomic E-state index is 0.0201. The molecule has 0 saturated carbocycles. The minimum Gasteiger partial charge on any atom is -0.491 e. The fourth-order valence-electron chi connectivity index (χ4n) is 2.23. The van der Waals surface area contributed by atoms with E-state index >= 15 is 0 Å². The van der Waals surface area contributed by atoms with Gasteiger partial charge in [-0.2, -0.15) is 0 Å². The first kappa shape index (κ1) is 15.1. The number of piperidine rings is 1. The standard InChI is InChI=1S/C15H21ClN2O2/c1-2-9-20-14-7-6-11(16)10-13(14)18-15(19)12-5-3-4-8-17-12/h6-7,10,12,17H,2-5,8-9H2,1H3,(H,18,19)/t12-/m1/s1. The molecule has 1 saturated heterocycles. The van der Waals surface area contributed by atoms with Gasteiger partial charge in [0.25, 0.3) is 0 Å². The average Bonchev–Trinajstić information content (AvgIpc) is 2.47. The molecule has 2 rings (SSSR count). The van der Waals surface area contributed by atoms with Gasteiger partial charge in [0.2, 0.25) is 5.91 Å². The van der Waals surface area contributed by atoms with E-state index < -0.39 is 0 Å². The third-order valence-corrected chi connectivity index (χ3v) is 3.52. The monoisotopic (exact) mass is 296 g/mol. The molecule has 0 unspecified atom stereocenters. The molecule has 1 aromatic carbocycles. The summed E-state index contributed by atoms with van der Waals surface area (Å²) in [6.45, 7) is 3.55. The van der Waals surface area contributed by atoms with E-state index in [1.807, 2.05) is 6.92 Å². The zero-order valence-electron chi connectivity index (χ0n) is 11.7. The predicted octanol–water partition coefficient (Wildman–Crippen LogP) is 3.21. The molecule has 110 valence electrons. The molecule has 0 radical (unpaired) electrons. The molecule has 1 aliphatic rings. The number of rotatable bonds is 5. The SMILES string of the molecule is CCCOc1ccc(Cl)cc1NC(=O)[C@H]1CCCCN1. The molecule has 20 heavy (non-hydrogen) atoms. The van der Waals surface area contributed by atoms with E-state index in [0.29, 0.717) is 23.1 Å². The molecular formula is C15H21ClN2O2. The number of amides is 1. The third-order valence-electron chi connectivity index (χ3n) is 3.29. The number of ether oxygens (including phenoxy) is 1. The third kappa shape index (κ3) is 4.12. The maximum Gasteiger partial charge on any atom is 0.241 e. The van der Waals surface area contributed by atoms with E-state index in [1.54, 1.807) is 18.2 Å². The molecule has 1 fully saturated rings. The summed E-state index contributed by atoms with van der Waals surface area (Å²) in [5, 5.41) is 6.73. The van der Waals surface area contributed by atoms with E-state index in [2.05, 4.69) is 10.6 Å². The van der Waals surface area contributed by atoms with Crippen LogP contribution in [0.25, 0.3) is 0 Å². The smallest absolute Gasteiger partial charge is 0.241 e. The molecule has 2 N–H and O–H groups in total. The number of carbonyl (C=O) groups excluding carboxylic acids is 1. The Morgan fingerprint density at radius 1 is 1.50 bits per heavy atom. The van der Waals surface area contributed by atoms with Gasteiger partial charge in [0.15, 0.2) is 0 Å². The Bertz CT molecular complexity index is 459. The van der Waals surface area contributed by atoms with Crippen LogP contribution in [0.5, 0.6) is 5.75 Å². The van der Waals surface area contributed by atoms with Gasteiger partial charge in [-0.1, -0.05) is 24.9 Å². The van der Waals surface area contributed by atoms with Crippen molar-refractivity contribution in [2.24, 2.45) is 0 Å². The number of nitrogens with one attached hydrogen (secondary N) is 2. The highest BCUT2D eigenvalue weighted by Crippen LogP contribution is 2.28. The number of carbonyl (C=O) groups is 1. The lowest BCUT2D eigenvalue weighted by Gasteiger charge is -2.23. The Balaban J connectivity index is 2.06. The fraction of sp³-hybridized carbons (Fsp3) is 0.533. The van der Waals surface area contributed by atoms with Crippen LogP contribution in [-0.2, 0) is 4.79 Å². The Morgan fingerprint density at radius 2 is 2.35 bits per heavy atom. The highest BCUT2D eigenvalue weighted by molar-refractivity contribution is 6.31. The number of benzene rings is 1. The molecule has 0 bridgehead atoms. The molecule has 0 aromatic heterocycles. The predicted molar refractivity (Wildman–Crippen MR) is 81.5 cm³/mol. The first-order chi connectivity index (χ1) is 9.70. The highest BCUT2D eigenvalue weighted by atomic mass is 35.5. The zero-order valence-corrected chi connectivity index (χ0v) is 12.5. The summed E-state index contributed by atoms with van der Waals surface area (Å²) in [5.41, 5.74) is 0.642. The Hall–Kier alpha value is -1.26. The summed E-state index contributed by atoms with van der Waals surface area (Å²) in [4.78, 5) is 12.2. The van der Waals surface area contributed by atoms with Crippen LogP contribution in [0.1, 0.15) is 32.6 Å². The van der Waals surface area contributed by atoms with Gasteiger partial charge >= 0.3 is 0 Å². The summed E-state index contributed by atoms with van der Waals surface area (Å²) in [5.74, 6) is 0.647. The lowest BCUT2D eigenvalue weighted by Crippen LogP contribution is -2.43. The van der Waals surface area contributed by atoms with Crippen molar-refractivity contribution in [1.29, 1.82) is 0 Å².